The Bertz CT molecular complexity index is 187. The molecule has 2 aliphatic rings. The van der Waals surface area contributed by atoms with E-state index < -0.39 is 0 Å². The van der Waals surface area contributed by atoms with E-state index in [0.29, 0.717) is 11.5 Å². The second-order valence-corrected chi connectivity index (χ2v) is 5.56. The molecule has 0 bridgehead atoms. The van der Waals surface area contributed by atoms with Crippen LogP contribution >= 0.6 is 0 Å². The van der Waals surface area contributed by atoms with Gasteiger partial charge in [0.25, 0.3) is 0 Å². The number of hydrogen-bond donors (Lipinski definition) is 1. The third-order valence-corrected chi connectivity index (χ3v) is 3.42. The van der Waals surface area contributed by atoms with Gasteiger partial charge in [-0.3, -0.25) is 0 Å². The number of rotatable bonds is 2. The molecule has 0 aromatic carbocycles. The molecular weight excluding hydrogens is 162 g/mol. The Morgan fingerprint density at radius 1 is 1.23 bits per heavy atom. The van der Waals surface area contributed by atoms with E-state index in [-0.39, 0.29) is 0 Å². The molecule has 2 rings (SSSR count). The highest BCUT2D eigenvalue weighted by molar-refractivity contribution is 4.93. The quantitative estimate of drug-likeness (QED) is 0.705. The molecule has 1 saturated carbocycles. The minimum Gasteiger partial charge on any atom is -0.378 e. The molecule has 2 heteroatoms. The summed E-state index contributed by atoms with van der Waals surface area (Å²) in [5.41, 5.74) is 0.543. The Kier molecular flexibility index (Phi) is 2.37. The number of nitrogens with one attached hydrogen (secondary N) is 1. The summed E-state index contributed by atoms with van der Waals surface area (Å²) in [7, 11) is 0. The van der Waals surface area contributed by atoms with Gasteiger partial charge in [0.2, 0.25) is 0 Å². The Hall–Kier alpha value is -0.0800. The topological polar surface area (TPSA) is 21.3 Å². The molecule has 1 aliphatic heterocycles. The molecule has 13 heavy (non-hydrogen) atoms. The van der Waals surface area contributed by atoms with Crippen molar-refractivity contribution < 1.29 is 4.74 Å². The van der Waals surface area contributed by atoms with Crippen LogP contribution in [0, 0.1) is 11.3 Å². The Morgan fingerprint density at radius 2 is 1.92 bits per heavy atom. The zero-order chi connectivity index (χ0) is 9.47. The first kappa shape index (κ1) is 9.47. The summed E-state index contributed by atoms with van der Waals surface area (Å²) in [6.07, 6.45) is 2.68. The van der Waals surface area contributed by atoms with Crippen LogP contribution in [0.1, 0.15) is 33.6 Å². The maximum atomic E-state index is 5.17. The molecule has 2 unspecified atom stereocenters. The summed E-state index contributed by atoms with van der Waals surface area (Å²) in [5, 5.41) is 3.70. The van der Waals surface area contributed by atoms with Crippen LogP contribution in [-0.4, -0.2) is 25.3 Å². The van der Waals surface area contributed by atoms with Crippen LogP contribution in [0.25, 0.3) is 0 Å². The number of hydrogen-bond acceptors (Lipinski definition) is 2. The van der Waals surface area contributed by atoms with Crippen molar-refractivity contribution in [3.63, 3.8) is 0 Å². The van der Waals surface area contributed by atoms with Crippen LogP contribution < -0.4 is 5.32 Å². The molecule has 1 saturated heterocycles. The molecule has 76 valence electrons. The van der Waals surface area contributed by atoms with Gasteiger partial charge in [0, 0.05) is 6.04 Å². The van der Waals surface area contributed by atoms with Gasteiger partial charge in [-0.15, -0.1) is 0 Å². The minimum atomic E-state index is 0.543. The molecule has 2 atom stereocenters. The molecule has 1 aliphatic carbocycles. The molecule has 0 amide bonds. The van der Waals surface area contributed by atoms with Crippen molar-refractivity contribution in [2.75, 3.05) is 13.2 Å². The molecule has 1 heterocycles. The van der Waals surface area contributed by atoms with Crippen molar-refractivity contribution in [2.45, 2.75) is 45.7 Å². The Balaban J connectivity index is 1.85. The second kappa shape index (κ2) is 3.25. The van der Waals surface area contributed by atoms with Crippen LogP contribution in [-0.2, 0) is 4.74 Å². The van der Waals surface area contributed by atoms with Crippen molar-refractivity contribution in [2.24, 2.45) is 11.3 Å². The molecular formula is C11H21NO. The third-order valence-electron chi connectivity index (χ3n) is 3.42. The summed E-state index contributed by atoms with van der Waals surface area (Å²) in [6, 6.07) is 1.37. The standard InChI is InChI=1S/C11H21NO/c1-8-4-11(2,3)5-10(8)12-9-6-13-7-9/h8-10,12H,4-7H2,1-3H3. The van der Waals surface area contributed by atoms with Gasteiger partial charge in [-0.2, -0.15) is 0 Å². The predicted octanol–water partition coefficient (Wildman–Crippen LogP) is 1.80. The molecule has 1 N–H and O–H groups in total. The fourth-order valence-electron chi connectivity index (χ4n) is 2.75. The molecule has 0 aromatic heterocycles. The van der Waals surface area contributed by atoms with Gasteiger partial charge in [-0.25, -0.2) is 0 Å². The van der Waals surface area contributed by atoms with Crippen LogP contribution in [0.5, 0.6) is 0 Å². The van der Waals surface area contributed by atoms with Gasteiger partial charge in [0.1, 0.15) is 0 Å². The molecule has 2 fully saturated rings. The van der Waals surface area contributed by atoms with E-state index in [1.54, 1.807) is 0 Å². The maximum Gasteiger partial charge on any atom is 0.0643 e. The van der Waals surface area contributed by atoms with Gasteiger partial charge < -0.3 is 10.1 Å². The molecule has 0 radical (unpaired) electrons. The first-order chi connectivity index (χ1) is 6.07. The van der Waals surface area contributed by atoms with Crippen LogP contribution in [0.3, 0.4) is 0 Å². The minimum absolute atomic E-state index is 0.543. The van der Waals surface area contributed by atoms with E-state index in [0.717, 1.165) is 25.2 Å². The molecule has 2 nitrogen and oxygen atoms in total. The highest BCUT2D eigenvalue weighted by Crippen LogP contribution is 2.41. The number of ether oxygens (including phenoxy) is 1. The monoisotopic (exact) mass is 183 g/mol. The van der Waals surface area contributed by atoms with Gasteiger partial charge >= 0.3 is 0 Å². The van der Waals surface area contributed by atoms with E-state index in [9.17, 15) is 0 Å². The SMILES string of the molecule is CC1CC(C)(C)CC1NC1COC1. The molecule has 0 spiro atoms. The summed E-state index contributed by atoms with van der Waals surface area (Å²) in [6.45, 7) is 8.96. The van der Waals surface area contributed by atoms with E-state index >= 15 is 0 Å². The highest BCUT2D eigenvalue weighted by Gasteiger charge is 2.38. The summed E-state index contributed by atoms with van der Waals surface area (Å²) >= 11 is 0. The van der Waals surface area contributed by atoms with Crippen molar-refractivity contribution >= 4 is 0 Å². The predicted molar refractivity (Wildman–Crippen MR) is 53.7 cm³/mol. The summed E-state index contributed by atoms with van der Waals surface area (Å²) in [4.78, 5) is 0. The van der Waals surface area contributed by atoms with Crippen LogP contribution in [0.4, 0.5) is 0 Å². The van der Waals surface area contributed by atoms with Gasteiger partial charge in [0.05, 0.1) is 19.3 Å². The van der Waals surface area contributed by atoms with E-state index in [4.69, 9.17) is 4.74 Å². The van der Waals surface area contributed by atoms with E-state index in [2.05, 4.69) is 26.1 Å². The normalized spacial score (nSPS) is 39.0. The van der Waals surface area contributed by atoms with Crippen molar-refractivity contribution in [1.29, 1.82) is 0 Å². The second-order valence-electron chi connectivity index (χ2n) is 5.56. The molecule has 0 aromatic rings. The zero-order valence-corrected chi connectivity index (χ0v) is 8.97. The van der Waals surface area contributed by atoms with Gasteiger partial charge in [-0.1, -0.05) is 20.8 Å². The fraction of sp³-hybridized carbons (Fsp3) is 1.00. The largest absolute Gasteiger partial charge is 0.378 e. The zero-order valence-electron chi connectivity index (χ0n) is 8.97. The van der Waals surface area contributed by atoms with Crippen LogP contribution in [0.2, 0.25) is 0 Å². The first-order valence-corrected chi connectivity index (χ1v) is 5.41. The average Bonchev–Trinajstić information content (AvgIpc) is 2.16. The van der Waals surface area contributed by atoms with Gasteiger partial charge in [0.15, 0.2) is 0 Å². The summed E-state index contributed by atoms with van der Waals surface area (Å²) in [5.74, 6) is 0.829. The maximum absolute atomic E-state index is 5.17. The van der Waals surface area contributed by atoms with E-state index in [1.165, 1.54) is 12.8 Å². The Morgan fingerprint density at radius 3 is 2.31 bits per heavy atom. The first-order valence-electron chi connectivity index (χ1n) is 5.41. The summed E-state index contributed by atoms with van der Waals surface area (Å²) < 4.78 is 5.17. The fourth-order valence-corrected chi connectivity index (χ4v) is 2.75. The Labute approximate surface area is 81.0 Å². The lowest BCUT2D eigenvalue weighted by Crippen LogP contribution is -2.51. The van der Waals surface area contributed by atoms with Crippen molar-refractivity contribution in [3.8, 4) is 0 Å². The third kappa shape index (κ3) is 2.05. The van der Waals surface area contributed by atoms with Crippen molar-refractivity contribution in [1.82, 2.24) is 5.32 Å². The highest BCUT2D eigenvalue weighted by atomic mass is 16.5. The van der Waals surface area contributed by atoms with Crippen LogP contribution in [0.15, 0.2) is 0 Å². The average molecular weight is 183 g/mol. The lowest BCUT2D eigenvalue weighted by molar-refractivity contribution is -0.0118. The lowest BCUT2D eigenvalue weighted by atomic mass is 9.91. The lowest BCUT2D eigenvalue weighted by Gasteiger charge is -2.31. The van der Waals surface area contributed by atoms with E-state index in [1.807, 2.05) is 0 Å². The smallest absolute Gasteiger partial charge is 0.0643 e. The van der Waals surface area contributed by atoms with Crippen molar-refractivity contribution in [3.05, 3.63) is 0 Å². The van der Waals surface area contributed by atoms with Gasteiger partial charge in [-0.05, 0) is 24.2 Å².